The summed E-state index contributed by atoms with van der Waals surface area (Å²) in [6.07, 6.45) is 5.06. The standard InChI is InChI=1S/C16H25N3O/c1-19(2)14-9-5-4-8-13(14)12-18-16(15(17)20)10-6-3-7-11-16/h4-5,8-9,18H,3,6-7,10-12H2,1-2H3,(H2,17,20). The number of amides is 1. The summed E-state index contributed by atoms with van der Waals surface area (Å²) in [6, 6.07) is 8.25. The number of nitrogens with zero attached hydrogens (tertiary/aromatic N) is 1. The first kappa shape index (κ1) is 14.9. The van der Waals surface area contributed by atoms with E-state index in [1.807, 2.05) is 26.2 Å². The number of rotatable bonds is 5. The Morgan fingerprint density at radius 2 is 1.90 bits per heavy atom. The molecule has 1 aromatic carbocycles. The van der Waals surface area contributed by atoms with Crippen molar-refractivity contribution in [2.45, 2.75) is 44.2 Å². The number of nitrogens with two attached hydrogens (primary N) is 1. The molecular formula is C16H25N3O. The van der Waals surface area contributed by atoms with Crippen LogP contribution in [0.1, 0.15) is 37.7 Å². The second-order valence-electron chi connectivity index (χ2n) is 5.88. The normalized spacial score (nSPS) is 17.7. The van der Waals surface area contributed by atoms with Crippen molar-refractivity contribution in [3.05, 3.63) is 29.8 Å². The Bertz CT molecular complexity index is 465. The fraction of sp³-hybridized carbons (Fsp3) is 0.562. The lowest BCUT2D eigenvalue weighted by atomic mass is 9.81. The zero-order valence-electron chi connectivity index (χ0n) is 12.5. The lowest BCUT2D eigenvalue weighted by molar-refractivity contribution is -0.125. The van der Waals surface area contributed by atoms with E-state index in [1.165, 1.54) is 17.7 Å². The molecule has 2 rings (SSSR count). The molecule has 0 heterocycles. The third-order valence-electron chi connectivity index (χ3n) is 4.27. The van der Waals surface area contributed by atoms with Gasteiger partial charge in [0.1, 0.15) is 0 Å². The third kappa shape index (κ3) is 3.12. The number of primary amides is 1. The number of carbonyl (C=O) groups excluding carboxylic acids is 1. The van der Waals surface area contributed by atoms with Crippen LogP contribution in [0.2, 0.25) is 0 Å². The number of benzene rings is 1. The maximum absolute atomic E-state index is 11.9. The van der Waals surface area contributed by atoms with Gasteiger partial charge in [0.05, 0.1) is 5.54 Å². The molecule has 0 radical (unpaired) electrons. The molecule has 0 unspecified atom stereocenters. The van der Waals surface area contributed by atoms with Crippen molar-refractivity contribution in [3.63, 3.8) is 0 Å². The maximum Gasteiger partial charge on any atom is 0.237 e. The first-order chi connectivity index (χ1) is 9.55. The van der Waals surface area contributed by atoms with Gasteiger partial charge < -0.3 is 10.6 Å². The number of nitrogens with one attached hydrogen (secondary N) is 1. The molecule has 0 spiro atoms. The zero-order valence-corrected chi connectivity index (χ0v) is 12.5. The predicted octanol–water partition coefficient (Wildman–Crippen LogP) is 2.03. The Morgan fingerprint density at radius 1 is 1.25 bits per heavy atom. The lowest BCUT2D eigenvalue weighted by Crippen LogP contribution is -2.56. The molecule has 110 valence electrons. The summed E-state index contributed by atoms with van der Waals surface area (Å²) in [5, 5.41) is 3.44. The van der Waals surface area contributed by atoms with Crippen molar-refractivity contribution in [2.24, 2.45) is 5.73 Å². The monoisotopic (exact) mass is 275 g/mol. The van der Waals surface area contributed by atoms with E-state index >= 15 is 0 Å². The first-order valence-electron chi connectivity index (χ1n) is 7.35. The molecule has 0 aromatic heterocycles. The largest absolute Gasteiger partial charge is 0.377 e. The topological polar surface area (TPSA) is 58.4 Å². The summed E-state index contributed by atoms with van der Waals surface area (Å²) in [5.41, 5.74) is 7.51. The molecule has 0 bridgehead atoms. The molecule has 0 atom stereocenters. The van der Waals surface area contributed by atoms with Gasteiger partial charge in [-0.05, 0) is 24.5 Å². The third-order valence-corrected chi connectivity index (χ3v) is 4.27. The highest BCUT2D eigenvalue weighted by atomic mass is 16.1. The van der Waals surface area contributed by atoms with Crippen LogP contribution in [0.5, 0.6) is 0 Å². The first-order valence-corrected chi connectivity index (χ1v) is 7.35. The molecule has 1 aliphatic carbocycles. The summed E-state index contributed by atoms with van der Waals surface area (Å²) in [7, 11) is 4.06. The number of para-hydroxylation sites is 1. The van der Waals surface area contributed by atoms with E-state index in [0.717, 1.165) is 25.7 Å². The quantitative estimate of drug-likeness (QED) is 0.864. The summed E-state index contributed by atoms with van der Waals surface area (Å²) < 4.78 is 0. The van der Waals surface area contributed by atoms with Crippen molar-refractivity contribution in [1.82, 2.24) is 5.32 Å². The summed E-state index contributed by atoms with van der Waals surface area (Å²) in [5.74, 6) is -0.209. The Kier molecular flexibility index (Phi) is 4.65. The van der Waals surface area contributed by atoms with Crippen LogP contribution in [0.15, 0.2) is 24.3 Å². The Hall–Kier alpha value is -1.55. The van der Waals surface area contributed by atoms with E-state index in [0.29, 0.717) is 6.54 Å². The summed E-state index contributed by atoms with van der Waals surface area (Å²) in [4.78, 5) is 14.0. The Balaban J connectivity index is 2.12. The smallest absolute Gasteiger partial charge is 0.237 e. The maximum atomic E-state index is 11.9. The SMILES string of the molecule is CN(C)c1ccccc1CNC1(C(N)=O)CCCCC1. The molecule has 1 aliphatic rings. The van der Waals surface area contributed by atoms with Crippen molar-refractivity contribution < 1.29 is 4.79 Å². The van der Waals surface area contributed by atoms with Crippen LogP contribution in [-0.4, -0.2) is 25.5 Å². The van der Waals surface area contributed by atoms with Crippen molar-refractivity contribution in [1.29, 1.82) is 0 Å². The molecule has 1 aromatic rings. The van der Waals surface area contributed by atoms with E-state index in [2.05, 4.69) is 22.3 Å². The average Bonchev–Trinajstić information content (AvgIpc) is 2.46. The van der Waals surface area contributed by atoms with Gasteiger partial charge in [-0.2, -0.15) is 0 Å². The summed E-state index contributed by atoms with van der Waals surface area (Å²) >= 11 is 0. The lowest BCUT2D eigenvalue weighted by Gasteiger charge is -2.35. The average molecular weight is 275 g/mol. The van der Waals surface area contributed by atoms with E-state index in [1.54, 1.807) is 0 Å². The highest BCUT2D eigenvalue weighted by Gasteiger charge is 2.37. The van der Waals surface area contributed by atoms with Gasteiger partial charge in [-0.25, -0.2) is 0 Å². The second-order valence-corrected chi connectivity index (χ2v) is 5.88. The molecule has 1 fully saturated rings. The molecule has 1 amide bonds. The Morgan fingerprint density at radius 3 is 2.50 bits per heavy atom. The van der Waals surface area contributed by atoms with Crippen LogP contribution in [0.4, 0.5) is 5.69 Å². The van der Waals surface area contributed by atoms with Crippen molar-refractivity contribution in [3.8, 4) is 0 Å². The number of carbonyl (C=O) groups is 1. The van der Waals surface area contributed by atoms with Gasteiger partial charge in [0.2, 0.25) is 5.91 Å². The summed E-state index contributed by atoms with van der Waals surface area (Å²) in [6.45, 7) is 0.678. The highest BCUT2D eigenvalue weighted by Crippen LogP contribution is 2.29. The van der Waals surface area contributed by atoms with Crippen LogP contribution in [0.3, 0.4) is 0 Å². The van der Waals surface area contributed by atoms with Gasteiger partial charge in [0.15, 0.2) is 0 Å². The molecule has 3 N–H and O–H groups in total. The molecule has 4 nitrogen and oxygen atoms in total. The van der Waals surface area contributed by atoms with Crippen LogP contribution in [0, 0.1) is 0 Å². The minimum Gasteiger partial charge on any atom is -0.377 e. The fourth-order valence-electron chi connectivity index (χ4n) is 3.03. The molecular weight excluding hydrogens is 250 g/mol. The minimum atomic E-state index is -0.516. The van der Waals surface area contributed by atoms with Crippen LogP contribution >= 0.6 is 0 Å². The van der Waals surface area contributed by atoms with Crippen molar-refractivity contribution in [2.75, 3.05) is 19.0 Å². The van der Waals surface area contributed by atoms with Gasteiger partial charge in [-0.3, -0.25) is 10.1 Å². The molecule has 0 saturated heterocycles. The van der Waals surface area contributed by atoms with E-state index in [4.69, 9.17) is 5.73 Å². The number of anilines is 1. The number of hydrogen-bond acceptors (Lipinski definition) is 3. The second kappa shape index (κ2) is 6.27. The minimum absolute atomic E-state index is 0.209. The van der Waals surface area contributed by atoms with Crippen LogP contribution in [-0.2, 0) is 11.3 Å². The molecule has 4 heteroatoms. The molecule has 0 aliphatic heterocycles. The molecule has 1 saturated carbocycles. The van der Waals surface area contributed by atoms with Crippen molar-refractivity contribution >= 4 is 11.6 Å². The Labute approximate surface area is 121 Å². The fourth-order valence-corrected chi connectivity index (χ4v) is 3.03. The zero-order chi connectivity index (χ0) is 14.6. The van der Waals surface area contributed by atoms with E-state index in [-0.39, 0.29) is 5.91 Å². The van der Waals surface area contributed by atoms with Gasteiger partial charge >= 0.3 is 0 Å². The van der Waals surface area contributed by atoms with Crippen LogP contribution < -0.4 is 16.0 Å². The van der Waals surface area contributed by atoms with Gasteiger partial charge in [0, 0.05) is 26.3 Å². The number of hydrogen-bond donors (Lipinski definition) is 2. The van der Waals surface area contributed by atoms with Gasteiger partial charge in [0.25, 0.3) is 0 Å². The van der Waals surface area contributed by atoms with E-state index < -0.39 is 5.54 Å². The highest BCUT2D eigenvalue weighted by molar-refractivity contribution is 5.84. The molecule has 20 heavy (non-hydrogen) atoms. The van der Waals surface area contributed by atoms with E-state index in [9.17, 15) is 4.79 Å². The van der Waals surface area contributed by atoms with Gasteiger partial charge in [-0.1, -0.05) is 37.5 Å². The predicted molar refractivity (Wildman–Crippen MR) is 82.6 cm³/mol. The van der Waals surface area contributed by atoms with Gasteiger partial charge in [-0.15, -0.1) is 0 Å². The van der Waals surface area contributed by atoms with Crippen LogP contribution in [0.25, 0.3) is 0 Å².